The molecule has 0 radical (unpaired) electrons. The zero-order chi connectivity index (χ0) is 12.0. The van der Waals surface area contributed by atoms with Crippen molar-refractivity contribution in [3.05, 3.63) is 12.4 Å². The Kier molecular flexibility index (Phi) is 4.49. The van der Waals surface area contributed by atoms with Gasteiger partial charge in [0.2, 0.25) is 0 Å². The van der Waals surface area contributed by atoms with Crippen LogP contribution in [0.25, 0.3) is 0 Å². The minimum absolute atomic E-state index is 0.0727. The quantitative estimate of drug-likeness (QED) is 0.678. The van der Waals surface area contributed by atoms with E-state index in [1.54, 1.807) is 6.33 Å². The van der Waals surface area contributed by atoms with E-state index in [9.17, 15) is 0 Å². The molecular weight excluding hydrogens is 202 g/mol. The summed E-state index contributed by atoms with van der Waals surface area (Å²) in [4.78, 5) is 8.26. The van der Waals surface area contributed by atoms with Crippen molar-refractivity contribution in [2.45, 2.75) is 20.8 Å². The molecule has 0 unspecified atom stereocenters. The standard InChI is InChI=1S/C11H21N5/c1-4-13-9-5-10(16-8-15-9)14-7-11(2,3)6-12/h5,8H,4,6-7,12H2,1-3H3,(H2,13,14,15,16). The second-order valence-corrected chi connectivity index (χ2v) is 4.54. The molecule has 0 aromatic carbocycles. The summed E-state index contributed by atoms with van der Waals surface area (Å²) in [5, 5.41) is 6.41. The van der Waals surface area contributed by atoms with Crippen molar-refractivity contribution in [2.24, 2.45) is 11.1 Å². The van der Waals surface area contributed by atoms with Gasteiger partial charge in [-0.25, -0.2) is 9.97 Å². The molecule has 90 valence electrons. The summed E-state index contributed by atoms with van der Waals surface area (Å²) in [7, 11) is 0. The second kappa shape index (κ2) is 5.65. The molecular formula is C11H21N5. The fourth-order valence-electron chi connectivity index (χ4n) is 1.13. The van der Waals surface area contributed by atoms with Crippen LogP contribution in [0, 0.1) is 5.41 Å². The molecule has 0 bridgehead atoms. The van der Waals surface area contributed by atoms with Gasteiger partial charge >= 0.3 is 0 Å². The van der Waals surface area contributed by atoms with Gasteiger partial charge in [-0.2, -0.15) is 0 Å². The number of aromatic nitrogens is 2. The molecule has 0 atom stereocenters. The lowest BCUT2D eigenvalue weighted by Crippen LogP contribution is -2.31. The molecule has 0 amide bonds. The van der Waals surface area contributed by atoms with E-state index in [1.807, 2.05) is 13.0 Å². The highest BCUT2D eigenvalue weighted by molar-refractivity contribution is 5.46. The van der Waals surface area contributed by atoms with E-state index in [-0.39, 0.29) is 5.41 Å². The molecule has 0 aliphatic carbocycles. The molecule has 1 aromatic rings. The zero-order valence-electron chi connectivity index (χ0n) is 10.2. The average molecular weight is 223 g/mol. The summed E-state index contributed by atoms with van der Waals surface area (Å²) in [6.45, 7) is 8.56. The van der Waals surface area contributed by atoms with Crippen molar-refractivity contribution in [3.63, 3.8) is 0 Å². The van der Waals surface area contributed by atoms with Crippen LogP contribution in [-0.2, 0) is 0 Å². The van der Waals surface area contributed by atoms with Gasteiger partial charge in [-0.3, -0.25) is 0 Å². The maximum absolute atomic E-state index is 5.66. The Bertz CT molecular complexity index is 324. The molecule has 0 spiro atoms. The van der Waals surface area contributed by atoms with Crippen LogP contribution < -0.4 is 16.4 Å². The van der Waals surface area contributed by atoms with Crippen molar-refractivity contribution < 1.29 is 0 Å². The summed E-state index contributed by atoms with van der Waals surface area (Å²) in [5.74, 6) is 1.66. The predicted molar refractivity (Wildman–Crippen MR) is 67.5 cm³/mol. The van der Waals surface area contributed by atoms with Gasteiger partial charge in [0, 0.05) is 19.2 Å². The Morgan fingerprint density at radius 3 is 2.44 bits per heavy atom. The first kappa shape index (κ1) is 12.7. The number of anilines is 2. The van der Waals surface area contributed by atoms with Crippen LogP contribution >= 0.6 is 0 Å². The van der Waals surface area contributed by atoms with E-state index >= 15 is 0 Å². The number of hydrogen-bond donors (Lipinski definition) is 3. The monoisotopic (exact) mass is 223 g/mol. The molecule has 1 rings (SSSR count). The van der Waals surface area contributed by atoms with Crippen LogP contribution in [0.1, 0.15) is 20.8 Å². The van der Waals surface area contributed by atoms with Crippen molar-refractivity contribution in [1.29, 1.82) is 0 Å². The lowest BCUT2D eigenvalue weighted by molar-refractivity contribution is 0.405. The first-order valence-corrected chi connectivity index (χ1v) is 5.57. The Morgan fingerprint density at radius 1 is 1.25 bits per heavy atom. The maximum atomic E-state index is 5.66. The fourth-order valence-corrected chi connectivity index (χ4v) is 1.13. The molecule has 0 aliphatic rings. The third kappa shape index (κ3) is 4.02. The van der Waals surface area contributed by atoms with Gasteiger partial charge in [-0.15, -0.1) is 0 Å². The van der Waals surface area contributed by atoms with Gasteiger partial charge in [0.05, 0.1) is 0 Å². The van der Waals surface area contributed by atoms with Crippen LogP contribution in [0.2, 0.25) is 0 Å². The van der Waals surface area contributed by atoms with Crippen LogP contribution in [0.3, 0.4) is 0 Å². The normalized spacial score (nSPS) is 11.2. The Morgan fingerprint density at radius 2 is 1.88 bits per heavy atom. The Hall–Kier alpha value is -1.36. The van der Waals surface area contributed by atoms with Crippen molar-refractivity contribution in [2.75, 3.05) is 30.3 Å². The first-order chi connectivity index (χ1) is 7.57. The first-order valence-electron chi connectivity index (χ1n) is 5.57. The number of nitrogens with two attached hydrogens (primary N) is 1. The average Bonchev–Trinajstić information content (AvgIpc) is 2.28. The summed E-state index contributed by atoms with van der Waals surface area (Å²) in [6.07, 6.45) is 1.55. The van der Waals surface area contributed by atoms with Crippen LogP contribution in [0.4, 0.5) is 11.6 Å². The zero-order valence-corrected chi connectivity index (χ0v) is 10.2. The lowest BCUT2D eigenvalue weighted by atomic mass is 9.94. The molecule has 4 N–H and O–H groups in total. The summed E-state index contributed by atoms with van der Waals surface area (Å²) in [6, 6.07) is 1.90. The molecule has 5 heteroatoms. The van der Waals surface area contributed by atoms with Crippen molar-refractivity contribution >= 4 is 11.6 Å². The highest BCUT2D eigenvalue weighted by Crippen LogP contribution is 2.14. The minimum Gasteiger partial charge on any atom is -0.370 e. The van der Waals surface area contributed by atoms with E-state index in [0.29, 0.717) is 6.54 Å². The van der Waals surface area contributed by atoms with Gasteiger partial charge in [0.25, 0.3) is 0 Å². The van der Waals surface area contributed by atoms with Crippen molar-refractivity contribution in [3.8, 4) is 0 Å². The molecule has 16 heavy (non-hydrogen) atoms. The molecule has 0 saturated carbocycles. The van der Waals surface area contributed by atoms with Crippen LogP contribution in [0.5, 0.6) is 0 Å². The third-order valence-electron chi connectivity index (χ3n) is 2.33. The number of hydrogen-bond acceptors (Lipinski definition) is 5. The minimum atomic E-state index is 0.0727. The van der Waals surface area contributed by atoms with Crippen LogP contribution in [0.15, 0.2) is 12.4 Å². The third-order valence-corrected chi connectivity index (χ3v) is 2.33. The van der Waals surface area contributed by atoms with Gasteiger partial charge in [-0.1, -0.05) is 13.8 Å². The Labute approximate surface area is 96.9 Å². The highest BCUT2D eigenvalue weighted by atomic mass is 15.1. The molecule has 1 heterocycles. The fraction of sp³-hybridized carbons (Fsp3) is 0.636. The van der Waals surface area contributed by atoms with E-state index in [4.69, 9.17) is 5.73 Å². The van der Waals surface area contributed by atoms with Crippen LogP contribution in [-0.4, -0.2) is 29.6 Å². The van der Waals surface area contributed by atoms with Gasteiger partial charge in [-0.05, 0) is 18.9 Å². The summed E-state index contributed by atoms with van der Waals surface area (Å²) < 4.78 is 0. The molecule has 1 aromatic heterocycles. The second-order valence-electron chi connectivity index (χ2n) is 4.54. The Balaban J connectivity index is 2.57. The molecule has 0 saturated heterocycles. The van der Waals surface area contributed by atoms with Crippen molar-refractivity contribution in [1.82, 2.24) is 9.97 Å². The number of rotatable bonds is 6. The largest absolute Gasteiger partial charge is 0.370 e. The smallest absolute Gasteiger partial charge is 0.131 e. The van der Waals surface area contributed by atoms with Gasteiger partial charge in [0.15, 0.2) is 0 Å². The molecule has 0 fully saturated rings. The topological polar surface area (TPSA) is 75.9 Å². The van der Waals surface area contributed by atoms with Gasteiger partial charge < -0.3 is 16.4 Å². The SMILES string of the molecule is CCNc1cc(NCC(C)(C)CN)ncn1. The summed E-state index contributed by atoms with van der Waals surface area (Å²) >= 11 is 0. The van der Waals surface area contributed by atoms with E-state index in [2.05, 4.69) is 34.4 Å². The molecule has 0 aliphatic heterocycles. The van der Waals surface area contributed by atoms with E-state index in [1.165, 1.54) is 0 Å². The lowest BCUT2D eigenvalue weighted by Gasteiger charge is -2.22. The summed E-state index contributed by atoms with van der Waals surface area (Å²) in [5.41, 5.74) is 5.74. The number of nitrogens with zero attached hydrogens (tertiary/aromatic N) is 2. The molecule has 5 nitrogen and oxygen atoms in total. The number of nitrogens with one attached hydrogen (secondary N) is 2. The van der Waals surface area contributed by atoms with Gasteiger partial charge in [0.1, 0.15) is 18.0 Å². The van der Waals surface area contributed by atoms with E-state index in [0.717, 1.165) is 24.7 Å². The predicted octanol–water partition coefficient (Wildman–Crippen LogP) is 1.31. The highest BCUT2D eigenvalue weighted by Gasteiger charge is 2.15. The van der Waals surface area contributed by atoms with E-state index < -0.39 is 0 Å². The maximum Gasteiger partial charge on any atom is 0.131 e.